The molecule has 0 unspecified atom stereocenters. The van der Waals surface area contributed by atoms with Gasteiger partial charge in [-0.15, -0.1) is 0 Å². The maximum absolute atomic E-state index is 12.8. The molecule has 10 heteroatoms. The Morgan fingerprint density at radius 3 is 2.40 bits per heavy atom. The summed E-state index contributed by atoms with van der Waals surface area (Å²) in [4.78, 5) is 12.4. The lowest BCUT2D eigenvalue weighted by molar-refractivity contribution is 0.601. The second-order valence-electron chi connectivity index (χ2n) is 6.41. The second-order valence-corrected chi connectivity index (χ2v) is 10.3. The third kappa shape index (κ3) is 4.22. The molecular formula is C20H13Cl3N2O3S2. The summed E-state index contributed by atoms with van der Waals surface area (Å²) in [6.45, 7) is 0.298. The fourth-order valence-corrected chi connectivity index (χ4v) is 5.51. The SMILES string of the molecule is O=c1sc2cc(S(=O)(=O)Nc3ccc(Cl)c(Cl)c3)ccc2n1Cc1ccccc1Cl. The lowest BCUT2D eigenvalue weighted by Gasteiger charge is -2.10. The Bertz CT molecular complexity index is 1430. The summed E-state index contributed by atoms with van der Waals surface area (Å²) in [5.41, 5.74) is 1.73. The highest BCUT2D eigenvalue weighted by atomic mass is 35.5. The molecule has 1 N–H and O–H groups in total. The van der Waals surface area contributed by atoms with Crippen LogP contribution in [0.5, 0.6) is 0 Å². The van der Waals surface area contributed by atoms with E-state index in [9.17, 15) is 13.2 Å². The molecule has 0 fully saturated rings. The number of fused-ring (bicyclic) bond motifs is 1. The first-order chi connectivity index (χ1) is 14.2. The minimum absolute atomic E-state index is 0.0345. The third-order valence-electron chi connectivity index (χ3n) is 4.41. The van der Waals surface area contributed by atoms with Crippen LogP contribution in [0.15, 0.2) is 70.4 Å². The van der Waals surface area contributed by atoms with Gasteiger partial charge in [-0.3, -0.25) is 14.1 Å². The van der Waals surface area contributed by atoms with Crippen LogP contribution in [0.25, 0.3) is 10.2 Å². The van der Waals surface area contributed by atoms with E-state index in [4.69, 9.17) is 34.8 Å². The van der Waals surface area contributed by atoms with Gasteiger partial charge in [-0.2, -0.15) is 0 Å². The lowest BCUT2D eigenvalue weighted by Crippen LogP contribution is -2.14. The molecule has 154 valence electrons. The van der Waals surface area contributed by atoms with Gasteiger partial charge in [0.15, 0.2) is 0 Å². The highest BCUT2D eigenvalue weighted by Crippen LogP contribution is 2.28. The number of nitrogens with one attached hydrogen (secondary N) is 1. The zero-order valence-corrected chi connectivity index (χ0v) is 19.0. The number of rotatable bonds is 5. The van der Waals surface area contributed by atoms with E-state index in [0.29, 0.717) is 26.8 Å². The van der Waals surface area contributed by atoms with Gasteiger partial charge in [0, 0.05) is 5.02 Å². The van der Waals surface area contributed by atoms with E-state index in [1.165, 1.54) is 30.3 Å². The number of hydrogen-bond acceptors (Lipinski definition) is 4. The number of aromatic nitrogens is 1. The Hall–Kier alpha value is -2.03. The van der Waals surface area contributed by atoms with Gasteiger partial charge in [-0.1, -0.05) is 64.3 Å². The molecule has 0 bridgehead atoms. The molecule has 0 atom stereocenters. The summed E-state index contributed by atoms with van der Waals surface area (Å²) in [7, 11) is -3.88. The summed E-state index contributed by atoms with van der Waals surface area (Å²) < 4.78 is 30.2. The standard InChI is InChI=1S/C20H13Cl3N2O3S2/c21-15-4-2-1-3-12(15)11-25-18-8-6-14(10-19(18)29-20(25)26)30(27,28)24-13-5-7-16(22)17(23)9-13/h1-10,24H,11H2. The molecule has 1 aromatic heterocycles. The van der Waals surface area contributed by atoms with Gasteiger partial charge in [0.25, 0.3) is 10.0 Å². The van der Waals surface area contributed by atoms with Gasteiger partial charge in [0.2, 0.25) is 0 Å². The molecule has 0 aliphatic heterocycles. The molecule has 0 spiro atoms. The van der Waals surface area contributed by atoms with E-state index in [2.05, 4.69) is 4.72 Å². The Labute approximate surface area is 191 Å². The molecule has 0 aliphatic carbocycles. The van der Waals surface area contributed by atoms with Crippen LogP contribution in [-0.4, -0.2) is 13.0 Å². The molecule has 5 nitrogen and oxygen atoms in total. The van der Waals surface area contributed by atoms with Crippen LogP contribution in [0.2, 0.25) is 15.1 Å². The maximum Gasteiger partial charge on any atom is 0.308 e. The van der Waals surface area contributed by atoms with Crippen molar-refractivity contribution in [3.63, 3.8) is 0 Å². The smallest absolute Gasteiger partial charge is 0.294 e. The molecule has 4 aromatic rings. The number of benzene rings is 3. The van der Waals surface area contributed by atoms with Crippen molar-refractivity contribution in [3.05, 3.63) is 91.0 Å². The number of anilines is 1. The van der Waals surface area contributed by atoms with Crippen LogP contribution in [0.4, 0.5) is 5.69 Å². The van der Waals surface area contributed by atoms with E-state index in [1.807, 2.05) is 18.2 Å². The second kappa shape index (κ2) is 8.24. The largest absolute Gasteiger partial charge is 0.308 e. The van der Waals surface area contributed by atoms with E-state index < -0.39 is 10.0 Å². The number of hydrogen-bond donors (Lipinski definition) is 1. The number of halogens is 3. The van der Waals surface area contributed by atoms with E-state index in [0.717, 1.165) is 16.9 Å². The van der Waals surface area contributed by atoms with Crippen LogP contribution in [0, 0.1) is 0 Å². The zero-order chi connectivity index (χ0) is 21.5. The monoisotopic (exact) mass is 498 g/mol. The lowest BCUT2D eigenvalue weighted by atomic mass is 10.2. The van der Waals surface area contributed by atoms with Crippen LogP contribution >= 0.6 is 46.1 Å². The molecule has 0 aliphatic rings. The maximum atomic E-state index is 12.8. The molecule has 1 heterocycles. The van der Waals surface area contributed by atoms with Gasteiger partial charge < -0.3 is 0 Å². The van der Waals surface area contributed by atoms with Crippen molar-refractivity contribution >= 4 is 72.1 Å². The van der Waals surface area contributed by atoms with E-state index in [1.54, 1.807) is 16.7 Å². The van der Waals surface area contributed by atoms with Crippen molar-refractivity contribution in [2.45, 2.75) is 11.4 Å². The van der Waals surface area contributed by atoms with Crippen molar-refractivity contribution < 1.29 is 8.42 Å². The molecule has 0 saturated heterocycles. The highest BCUT2D eigenvalue weighted by molar-refractivity contribution is 7.92. The van der Waals surface area contributed by atoms with Gasteiger partial charge in [-0.05, 0) is 48.0 Å². The predicted octanol–water partition coefficient (Wildman–Crippen LogP) is 5.87. The Kier molecular flexibility index (Phi) is 5.83. The first-order valence-electron chi connectivity index (χ1n) is 8.59. The predicted molar refractivity (Wildman–Crippen MR) is 124 cm³/mol. The summed E-state index contributed by atoms with van der Waals surface area (Å²) in [6.07, 6.45) is 0. The summed E-state index contributed by atoms with van der Waals surface area (Å²) in [5, 5.41) is 1.13. The van der Waals surface area contributed by atoms with Crippen LogP contribution < -0.4 is 9.60 Å². The van der Waals surface area contributed by atoms with Crippen molar-refractivity contribution in [2.75, 3.05) is 4.72 Å². The fraction of sp³-hybridized carbons (Fsp3) is 0.0500. The molecule has 0 saturated carbocycles. The van der Waals surface area contributed by atoms with Crippen LogP contribution in [0.1, 0.15) is 5.56 Å². The molecular weight excluding hydrogens is 487 g/mol. The topological polar surface area (TPSA) is 68.2 Å². The molecule has 30 heavy (non-hydrogen) atoms. The zero-order valence-electron chi connectivity index (χ0n) is 15.1. The van der Waals surface area contributed by atoms with E-state index in [-0.39, 0.29) is 20.5 Å². The number of thiazole rings is 1. The Balaban J connectivity index is 1.69. The fourth-order valence-electron chi connectivity index (χ4n) is 2.93. The van der Waals surface area contributed by atoms with Crippen LogP contribution in [-0.2, 0) is 16.6 Å². The summed E-state index contributed by atoms with van der Waals surface area (Å²) in [6, 6.07) is 16.3. The normalized spacial score (nSPS) is 11.7. The number of nitrogens with zero attached hydrogens (tertiary/aromatic N) is 1. The Morgan fingerprint density at radius 2 is 1.67 bits per heavy atom. The average molecular weight is 500 g/mol. The van der Waals surface area contributed by atoms with Crippen molar-refractivity contribution in [2.24, 2.45) is 0 Å². The Morgan fingerprint density at radius 1 is 0.900 bits per heavy atom. The minimum Gasteiger partial charge on any atom is -0.294 e. The molecule has 0 radical (unpaired) electrons. The van der Waals surface area contributed by atoms with Gasteiger partial charge in [-0.25, -0.2) is 8.42 Å². The van der Waals surface area contributed by atoms with Gasteiger partial charge in [0.1, 0.15) is 0 Å². The summed E-state index contributed by atoms with van der Waals surface area (Å²) in [5.74, 6) is 0. The quantitative estimate of drug-likeness (QED) is 0.373. The average Bonchev–Trinajstić information content (AvgIpc) is 3.01. The molecule has 0 amide bonds. The van der Waals surface area contributed by atoms with Crippen molar-refractivity contribution in [3.8, 4) is 0 Å². The van der Waals surface area contributed by atoms with Gasteiger partial charge >= 0.3 is 4.87 Å². The van der Waals surface area contributed by atoms with Gasteiger partial charge in [0.05, 0.1) is 37.4 Å². The van der Waals surface area contributed by atoms with E-state index >= 15 is 0 Å². The first kappa shape index (κ1) is 21.2. The minimum atomic E-state index is -3.88. The molecule has 4 rings (SSSR count). The van der Waals surface area contributed by atoms with Crippen LogP contribution in [0.3, 0.4) is 0 Å². The van der Waals surface area contributed by atoms with Crippen molar-refractivity contribution in [1.29, 1.82) is 0 Å². The highest BCUT2D eigenvalue weighted by Gasteiger charge is 2.18. The number of sulfonamides is 1. The van der Waals surface area contributed by atoms with Crippen molar-refractivity contribution in [1.82, 2.24) is 4.57 Å². The molecule has 3 aromatic carbocycles. The third-order valence-corrected chi connectivity index (χ3v) is 7.84. The first-order valence-corrected chi connectivity index (χ1v) is 12.0. The summed E-state index contributed by atoms with van der Waals surface area (Å²) >= 11 is 19.0.